The zero-order valence-corrected chi connectivity index (χ0v) is 13.6. The van der Waals surface area contributed by atoms with Gasteiger partial charge in [0.1, 0.15) is 0 Å². The molecular formula is C16H15Br2N. The first-order valence-corrected chi connectivity index (χ1v) is 8.08. The summed E-state index contributed by atoms with van der Waals surface area (Å²) in [6.45, 7) is 0. The third-order valence-electron chi connectivity index (χ3n) is 3.69. The molecule has 1 fully saturated rings. The van der Waals surface area contributed by atoms with E-state index in [0.717, 1.165) is 8.95 Å². The summed E-state index contributed by atoms with van der Waals surface area (Å²) in [5, 5.41) is 3.73. The molecule has 1 nitrogen and oxygen atoms in total. The molecule has 0 spiro atoms. The fourth-order valence-corrected chi connectivity index (χ4v) is 3.19. The zero-order valence-electron chi connectivity index (χ0n) is 10.4. The number of rotatable bonds is 2. The minimum Gasteiger partial charge on any atom is -0.303 e. The molecule has 3 heteroatoms. The molecule has 1 N–H and O–H groups in total. The van der Waals surface area contributed by atoms with Gasteiger partial charge in [0.05, 0.1) is 0 Å². The largest absolute Gasteiger partial charge is 0.303 e. The van der Waals surface area contributed by atoms with Crippen molar-refractivity contribution >= 4 is 31.9 Å². The maximum atomic E-state index is 3.73. The average Bonchev–Trinajstić information content (AvgIpc) is 2.90. The highest BCUT2D eigenvalue weighted by Crippen LogP contribution is 2.35. The minimum absolute atomic E-state index is 0.474. The van der Waals surface area contributed by atoms with Crippen LogP contribution in [-0.2, 0) is 0 Å². The number of halogens is 2. The molecule has 3 rings (SSSR count). The van der Waals surface area contributed by atoms with Crippen LogP contribution in [0.4, 0.5) is 0 Å². The standard InChI is InChI=1S/C16H15Br2N/c17-13-5-1-11(2-6-13)15-9-10-16(19-15)12-3-7-14(18)8-4-12/h1-8,15-16,19H,9-10H2. The Balaban J connectivity index is 1.73. The molecule has 0 amide bonds. The molecule has 2 unspecified atom stereocenters. The summed E-state index contributed by atoms with van der Waals surface area (Å²) in [4.78, 5) is 0. The Morgan fingerprint density at radius 3 is 1.42 bits per heavy atom. The third kappa shape index (κ3) is 3.10. The normalized spacial score (nSPS) is 22.6. The van der Waals surface area contributed by atoms with E-state index in [0.29, 0.717) is 12.1 Å². The summed E-state index contributed by atoms with van der Waals surface area (Å²) >= 11 is 6.97. The van der Waals surface area contributed by atoms with Crippen molar-refractivity contribution in [1.82, 2.24) is 5.32 Å². The second kappa shape index (κ2) is 5.78. The quantitative estimate of drug-likeness (QED) is 0.737. The van der Waals surface area contributed by atoms with Gasteiger partial charge in [-0.3, -0.25) is 0 Å². The van der Waals surface area contributed by atoms with Crippen LogP contribution in [0.5, 0.6) is 0 Å². The molecule has 0 saturated carbocycles. The topological polar surface area (TPSA) is 12.0 Å². The molecule has 2 aromatic rings. The van der Waals surface area contributed by atoms with Gasteiger partial charge in [0.2, 0.25) is 0 Å². The van der Waals surface area contributed by atoms with E-state index in [2.05, 4.69) is 85.7 Å². The van der Waals surface area contributed by atoms with Crippen LogP contribution in [0.15, 0.2) is 57.5 Å². The van der Waals surface area contributed by atoms with Gasteiger partial charge in [0, 0.05) is 21.0 Å². The lowest BCUT2D eigenvalue weighted by Gasteiger charge is -2.15. The van der Waals surface area contributed by atoms with Gasteiger partial charge in [0.25, 0.3) is 0 Å². The van der Waals surface area contributed by atoms with Crippen molar-refractivity contribution < 1.29 is 0 Å². The Morgan fingerprint density at radius 1 is 0.684 bits per heavy atom. The Morgan fingerprint density at radius 2 is 1.05 bits per heavy atom. The van der Waals surface area contributed by atoms with Gasteiger partial charge in [-0.15, -0.1) is 0 Å². The van der Waals surface area contributed by atoms with E-state index in [-0.39, 0.29) is 0 Å². The lowest BCUT2D eigenvalue weighted by molar-refractivity contribution is 0.574. The molecule has 2 atom stereocenters. The van der Waals surface area contributed by atoms with Gasteiger partial charge >= 0.3 is 0 Å². The van der Waals surface area contributed by atoms with Crippen molar-refractivity contribution in [2.75, 3.05) is 0 Å². The van der Waals surface area contributed by atoms with Crippen molar-refractivity contribution in [2.45, 2.75) is 24.9 Å². The molecule has 98 valence electrons. The summed E-state index contributed by atoms with van der Waals surface area (Å²) in [6.07, 6.45) is 2.39. The lowest BCUT2D eigenvalue weighted by Crippen LogP contribution is -2.17. The fourth-order valence-electron chi connectivity index (χ4n) is 2.66. The van der Waals surface area contributed by atoms with Crippen LogP contribution in [0.25, 0.3) is 0 Å². The Hall–Kier alpha value is -0.640. The fraction of sp³-hybridized carbons (Fsp3) is 0.250. The van der Waals surface area contributed by atoms with E-state index in [4.69, 9.17) is 0 Å². The molecule has 2 aromatic carbocycles. The van der Waals surface area contributed by atoms with E-state index in [1.165, 1.54) is 24.0 Å². The number of hydrogen-bond acceptors (Lipinski definition) is 1. The molecule has 0 aliphatic carbocycles. The molecule has 0 radical (unpaired) electrons. The molecule has 1 aliphatic rings. The summed E-state index contributed by atoms with van der Waals surface area (Å²) in [5.41, 5.74) is 2.76. The number of benzene rings is 2. The van der Waals surface area contributed by atoms with Gasteiger partial charge < -0.3 is 5.32 Å². The van der Waals surface area contributed by atoms with Gasteiger partial charge in [-0.2, -0.15) is 0 Å². The highest BCUT2D eigenvalue weighted by Gasteiger charge is 2.25. The first kappa shape index (κ1) is 13.3. The van der Waals surface area contributed by atoms with Gasteiger partial charge in [0.15, 0.2) is 0 Å². The predicted molar refractivity (Wildman–Crippen MR) is 86.1 cm³/mol. The Kier molecular flexibility index (Phi) is 4.06. The average molecular weight is 381 g/mol. The first-order chi connectivity index (χ1) is 9.22. The van der Waals surface area contributed by atoms with Crippen LogP contribution in [0.3, 0.4) is 0 Å². The number of nitrogens with one attached hydrogen (secondary N) is 1. The zero-order chi connectivity index (χ0) is 13.2. The predicted octanol–water partition coefficient (Wildman–Crippen LogP) is 5.38. The maximum absolute atomic E-state index is 3.73. The van der Waals surface area contributed by atoms with Crippen LogP contribution < -0.4 is 5.32 Å². The van der Waals surface area contributed by atoms with Gasteiger partial charge in [-0.25, -0.2) is 0 Å². The highest BCUT2D eigenvalue weighted by molar-refractivity contribution is 9.10. The summed E-state index contributed by atoms with van der Waals surface area (Å²) in [7, 11) is 0. The smallest absolute Gasteiger partial charge is 0.0326 e. The maximum Gasteiger partial charge on any atom is 0.0326 e. The van der Waals surface area contributed by atoms with Crippen LogP contribution in [-0.4, -0.2) is 0 Å². The Labute approximate surface area is 130 Å². The SMILES string of the molecule is Brc1ccc(C2CCC(c3ccc(Br)cc3)N2)cc1. The van der Waals surface area contributed by atoms with Crippen LogP contribution >= 0.6 is 31.9 Å². The molecular weight excluding hydrogens is 366 g/mol. The monoisotopic (exact) mass is 379 g/mol. The molecule has 1 saturated heterocycles. The number of hydrogen-bond donors (Lipinski definition) is 1. The molecule has 19 heavy (non-hydrogen) atoms. The van der Waals surface area contributed by atoms with Crippen LogP contribution in [0.1, 0.15) is 36.1 Å². The second-order valence-corrected chi connectivity index (χ2v) is 6.78. The van der Waals surface area contributed by atoms with Crippen molar-refractivity contribution in [3.63, 3.8) is 0 Å². The summed E-state index contributed by atoms with van der Waals surface area (Å²) in [6, 6.07) is 18.2. The van der Waals surface area contributed by atoms with Crippen molar-refractivity contribution in [3.05, 3.63) is 68.6 Å². The molecule has 1 aliphatic heterocycles. The second-order valence-electron chi connectivity index (χ2n) is 4.95. The summed E-state index contributed by atoms with van der Waals surface area (Å²) in [5.74, 6) is 0. The first-order valence-electron chi connectivity index (χ1n) is 6.49. The van der Waals surface area contributed by atoms with E-state index >= 15 is 0 Å². The van der Waals surface area contributed by atoms with Crippen LogP contribution in [0.2, 0.25) is 0 Å². The lowest BCUT2D eigenvalue weighted by atomic mass is 10.0. The Bertz CT molecular complexity index is 496. The molecule has 0 aromatic heterocycles. The molecule has 1 heterocycles. The third-order valence-corrected chi connectivity index (χ3v) is 4.75. The van der Waals surface area contributed by atoms with Crippen molar-refractivity contribution in [3.8, 4) is 0 Å². The van der Waals surface area contributed by atoms with E-state index in [1.807, 2.05) is 0 Å². The minimum atomic E-state index is 0.474. The van der Waals surface area contributed by atoms with Crippen molar-refractivity contribution in [1.29, 1.82) is 0 Å². The molecule has 0 bridgehead atoms. The van der Waals surface area contributed by atoms with E-state index in [9.17, 15) is 0 Å². The van der Waals surface area contributed by atoms with E-state index in [1.54, 1.807) is 0 Å². The van der Waals surface area contributed by atoms with Crippen molar-refractivity contribution in [2.24, 2.45) is 0 Å². The highest BCUT2D eigenvalue weighted by atomic mass is 79.9. The van der Waals surface area contributed by atoms with Gasteiger partial charge in [-0.05, 0) is 48.2 Å². The van der Waals surface area contributed by atoms with Crippen LogP contribution in [0, 0.1) is 0 Å². The summed E-state index contributed by atoms with van der Waals surface area (Å²) < 4.78 is 2.28. The van der Waals surface area contributed by atoms with E-state index < -0.39 is 0 Å². The van der Waals surface area contributed by atoms with Gasteiger partial charge in [-0.1, -0.05) is 56.1 Å².